The molecule has 0 bridgehead atoms. The van der Waals surface area contributed by atoms with Gasteiger partial charge in [0.15, 0.2) is 11.4 Å². The molecule has 8 heteroatoms. The van der Waals surface area contributed by atoms with Gasteiger partial charge in [0.1, 0.15) is 11.6 Å². The van der Waals surface area contributed by atoms with Crippen LogP contribution < -0.4 is 10.1 Å². The van der Waals surface area contributed by atoms with Crippen LogP contribution in [-0.2, 0) is 0 Å². The quantitative estimate of drug-likeness (QED) is 0.107. The number of ether oxygens (including phenoxy) is 1. The molecule has 0 aliphatic heterocycles. The Kier molecular flexibility index (Phi) is 6.86. The number of fused-ring (bicyclic) bond motifs is 1. The van der Waals surface area contributed by atoms with Gasteiger partial charge >= 0.3 is 0 Å². The number of aromatic nitrogens is 2. The molecule has 0 atom stereocenters. The van der Waals surface area contributed by atoms with Crippen molar-refractivity contribution in [3.05, 3.63) is 125 Å². The molecule has 0 aliphatic rings. The number of nitro groups is 1. The highest BCUT2D eigenvalue weighted by Gasteiger charge is 2.12. The summed E-state index contributed by atoms with van der Waals surface area (Å²) in [5.41, 5.74) is 4.26. The van der Waals surface area contributed by atoms with Crippen LogP contribution in [0.2, 0.25) is 0 Å². The maximum absolute atomic E-state index is 12.7. The predicted octanol–water partition coefficient (Wildman–Crippen LogP) is 6.85. The zero-order chi connectivity index (χ0) is 26.5. The molecule has 0 spiro atoms. The first kappa shape index (κ1) is 24.3. The van der Waals surface area contributed by atoms with E-state index in [1.807, 2.05) is 42.5 Å². The Morgan fingerprint density at radius 1 is 0.974 bits per heavy atom. The van der Waals surface area contributed by atoms with Crippen molar-refractivity contribution in [1.82, 2.24) is 9.97 Å². The van der Waals surface area contributed by atoms with E-state index in [0.717, 1.165) is 28.0 Å². The molecule has 186 valence electrons. The Hall–Kier alpha value is -5.37. The molecule has 5 aromatic rings. The minimum Gasteiger partial charge on any atom is -0.497 e. The van der Waals surface area contributed by atoms with Crippen LogP contribution >= 0.6 is 0 Å². The molecule has 0 radical (unpaired) electrons. The van der Waals surface area contributed by atoms with Crippen molar-refractivity contribution in [3.8, 4) is 16.9 Å². The number of pyridine rings is 2. The van der Waals surface area contributed by atoms with Crippen molar-refractivity contribution in [3.63, 3.8) is 0 Å². The molecular formula is C30H22N4O4. The van der Waals surface area contributed by atoms with Crippen LogP contribution in [0.15, 0.2) is 103 Å². The number of ketones is 1. The molecule has 1 N–H and O–H groups in total. The fraction of sp³-hybridized carbons (Fsp3) is 0.0333. The number of carbonyl (C=O) groups excluding carboxylic acids is 1. The highest BCUT2D eigenvalue weighted by molar-refractivity contribution is 6.07. The Labute approximate surface area is 218 Å². The van der Waals surface area contributed by atoms with Crippen molar-refractivity contribution >= 4 is 40.1 Å². The third-order valence-electron chi connectivity index (χ3n) is 5.93. The van der Waals surface area contributed by atoms with Gasteiger partial charge in [-0.2, -0.15) is 0 Å². The number of rotatable bonds is 8. The first-order valence-corrected chi connectivity index (χ1v) is 11.7. The van der Waals surface area contributed by atoms with Gasteiger partial charge in [0.25, 0.3) is 5.69 Å². The lowest BCUT2D eigenvalue weighted by atomic mass is 10.0. The topological polar surface area (TPSA) is 107 Å². The number of nitrogens with zero attached hydrogens (tertiary/aromatic N) is 3. The van der Waals surface area contributed by atoms with Gasteiger partial charge in [0.2, 0.25) is 0 Å². The fourth-order valence-corrected chi connectivity index (χ4v) is 3.96. The number of hydrogen-bond donors (Lipinski definition) is 1. The van der Waals surface area contributed by atoms with Gasteiger partial charge < -0.3 is 10.1 Å². The molecule has 2 aromatic heterocycles. The number of hydrogen-bond acceptors (Lipinski definition) is 7. The third kappa shape index (κ3) is 5.39. The highest BCUT2D eigenvalue weighted by atomic mass is 16.6. The zero-order valence-electron chi connectivity index (χ0n) is 20.4. The van der Waals surface area contributed by atoms with Crippen LogP contribution in [0.4, 0.5) is 17.2 Å². The highest BCUT2D eigenvalue weighted by Crippen LogP contribution is 2.32. The normalized spacial score (nSPS) is 11.0. The van der Waals surface area contributed by atoms with Gasteiger partial charge in [0.05, 0.1) is 12.0 Å². The molecular weight excluding hydrogens is 480 g/mol. The average molecular weight is 503 g/mol. The van der Waals surface area contributed by atoms with Gasteiger partial charge in [0, 0.05) is 40.5 Å². The van der Waals surface area contributed by atoms with Crippen LogP contribution in [0.5, 0.6) is 5.75 Å². The summed E-state index contributed by atoms with van der Waals surface area (Å²) in [6.07, 6.45) is 4.67. The lowest BCUT2D eigenvalue weighted by Crippen LogP contribution is -2.00. The second kappa shape index (κ2) is 10.7. The standard InChI is InChI=1S/C30H22N4O4/c1-38-26-14-10-21(11-15-26)27-19-23-5-3-17-31-29(23)33-30(27)32-24-12-8-22(9-13-24)28(35)16-7-20-4-2-6-25(18-20)34(36)37/h2-19H,1H3,(H,31,32,33)/b16-7+. The summed E-state index contributed by atoms with van der Waals surface area (Å²) in [6, 6.07) is 26.8. The molecule has 2 heterocycles. The molecule has 0 fully saturated rings. The van der Waals surface area contributed by atoms with E-state index in [0.29, 0.717) is 22.6 Å². The summed E-state index contributed by atoms with van der Waals surface area (Å²) in [5, 5.41) is 15.2. The molecule has 0 aliphatic carbocycles. The number of nitro benzene ring substituents is 1. The minimum atomic E-state index is -0.467. The molecule has 3 aromatic carbocycles. The van der Waals surface area contributed by atoms with Crippen LogP contribution in [0.3, 0.4) is 0 Å². The number of methoxy groups -OCH3 is 1. The maximum Gasteiger partial charge on any atom is 0.270 e. The molecule has 5 rings (SSSR count). The van der Waals surface area contributed by atoms with Crippen LogP contribution in [0, 0.1) is 10.1 Å². The molecule has 0 saturated heterocycles. The Balaban J connectivity index is 1.39. The summed E-state index contributed by atoms with van der Waals surface area (Å²) in [6.45, 7) is 0. The number of benzene rings is 3. The van der Waals surface area contributed by atoms with Gasteiger partial charge in [-0.15, -0.1) is 0 Å². The van der Waals surface area contributed by atoms with Gasteiger partial charge in [-0.3, -0.25) is 14.9 Å². The van der Waals surface area contributed by atoms with Crippen LogP contribution in [0.1, 0.15) is 15.9 Å². The number of nitrogens with one attached hydrogen (secondary N) is 1. The van der Waals surface area contributed by atoms with E-state index in [9.17, 15) is 14.9 Å². The SMILES string of the molecule is COc1ccc(-c2cc3cccnc3nc2Nc2ccc(C(=O)/C=C/c3cccc([N+](=O)[O-])c3)cc2)cc1. The maximum atomic E-state index is 12.7. The molecule has 0 unspecified atom stereocenters. The Morgan fingerprint density at radius 2 is 1.76 bits per heavy atom. The van der Waals surface area contributed by atoms with Crippen molar-refractivity contribution in [2.24, 2.45) is 0 Å². The summed E-state index contributed by atoms with van der Waals surface area (Å²) >= 11 is 0. The fourth-order valence-electron chi connectivity index (χ4n) is 3.96. The summed E-state index contributed by atoms with van der Waals surface area (Å²) in [5.74, 6) is 1.18. The van der Waals surface area contributed by atoms with E-state index in [1.54, 1.807) is 55.8 Å². The second-order valence-corrected chi connectivity index (χ2v) is 8.42. The van der Waals surface area contributed by atoms with Crippen LogP contribution in [-0.4, -0.2) is 27.8 Å². The first-order valence-electron chi connectivity index (χ1n) is 11.7. The number of allylic oxidation sites excluding steroid dienone is 1. The minimum absolute atomic E-state index is 0.0264. The lowest BCUT2D eigenvalue weighted by Gasteiger charge is -2.13. The monoisotopic (exact) mass is 502 g/mol. The summed E-state index contributed by atoms with van der Waals surface area (Å²) < 4.78 is 5.29. The zero-order valence-corrected chi connectivity index (χ0v) is 20.4. The van der Waals surface area contributed by atoms with E-state index in [4.69, 9.17) is 9.72 Å². The van der Waals surface area contributed by atoms with E-state index in [1.165, 1.54) is 18.2 Å². The van der Waals surface area contributed by atoms with E-state index >= 15 is 0 Å². The van der Waals surface area contributed by atoms with Crippen molar-refractivity contribution < 1.29 is 14.5 Å². The predicted molar refractivity (Wildman–Crippen MR) is 148 cm³/mol. The molecule has 0 amide bonds. The van der Waals surface area contributed by atoms with Crippen molar-refractivity contribution in [2.45, 2.75) is 0 Å². The smallest absolute Gasteiger partial charge is 0.270 e. The van der Waals surface area contributed by atoms with E-state index in [2.05, 4.69) is 10.3 Å². The first-order chi connectivity index (χ1) is 18.5. The average Bonchev–Trinajstić information content (AvgIpc) is 2.96. The summed E-state index contributed by atoms with van der Waals surface area (Å²) in [7, 11) is 1.63. The van der Waals surface area contributed by atoms with Crippen molar-refractivity contribution in [2.75, 3.05) is 12.4 Å². The lowest BCUT2D eigenvalue weighted by molar-refractivity contribution is -0.384. The molecule has 8 nitrogen and oxygen atoms in total. The summed E-state index contributed by atoms with van der Waals surface area (Å²) in [4.78, 5) is 32.3. The second-order valence-electron chi connectivity index (χ2n) is 8.42. The Bertz CT molecular complexity index is 1660. The van der Waals surface area contributed by atoms with Crippen LogP contribution in [0.25, 0.3) is 28.2 Å². The largest absolute Gasteiger partial charge is 0.497 e. The van der Waals surface area contributed by atoms with Gasteiger partial charge in [-0.1, -0.05) is 30.3 Å². The number of non-ortho nitro benzene ring substituents is 1. The molecule has 0 saturated carbocycles. The number of anilines is 2. The Morgan fingerprint density at radius 3 is 2.50 bits per heavy atom. The van der Waals surface area contributed by atoms with E-state index < -0.39 is 4.92 Å². The number of carbonyl (C=O) groups is 1. The van der Waals surface area contributed by atoms with Gasteiger partial charge in [-0.05, 0) is 71.8 Å². The third-order valence-corrected chi connectivity index (χ3v) is 5.93. The van der Waals surface area contributed by atoms with E-state index in [-0.39, 0.29) is 11.5 Å². The molecule has 38 heavy (non-hydrogen) atoms. The van der Waals surface area contributed by atoms with Gasteiger partial charge in [-0.25, -0.2) is 9.97 Å². The van der Waals surface area contributed by atoms with Crippen molar-refractivity contribution in [1.29, 1.82) is 0 Å².